The zero-order chi connectivity index (χ0) is 24.7. The average molecular weight is 472 g/mol. The van der Waals surface area contributed by atoms with Crippen LogP contribution in [-0.2, 0) is 4.74 Å². The summed E-state index contributed by atoms with van der Waals surface area (Å²) in [5.74, 6) is -0.361. The van der Waals surface area contributed by atoms with E-state index in [4.69, 9.17) is 4.74 Å². The van der Waals surface area contributed by atoms with Crippen LogP contribution >= 0.6 is 0 Å². The van der Waals surface area contributed by atoms with E-state index >= 15 is 0 Å². The number of hydrazone groups is 1. The first-order valence-electron chi connectivity index (χ1n) is 11.6. The van der Waals surface area contributed by atoms with Crippen LogP contribution in [0.2, 0.25) is 0 Å². The quantitative estimate of drug-likeness (QED) is 0.157. The molecule has 0 aliphatic carbocycles. The minimum absolute atomic E-state index is 0.361. The van der Waals surface area contributed by atoms with Gasteiger partial charge in [0.2, 0.25) is 0 Å². The number of methoxy groups -OCH3 is 1. The Labute approximate surface area is 210 Å². The summed E-state index contributed by atoms with van der Waals surface area (Å²) in [5, 5.41) is 4.54. The number of carbonyl (C=O) groups excluding carboxylic acids is 1. The lowest BCUT2D eigenvalue weighted by molar-refractivity contribution is 0.0600. The monoisotopic (exact) mass is 471 g/mol. The number of anilines is 1. The molecule has 0 aliphatic heterocycles. The largest absolute Gasteiger partial charge is 0.465 e. The number of rotatable bonds is 7. The van der Waals surface area contributed by atoms with E-state index in [1.807, 2.05) is 85.1 Å². The topological polar surface area (TPSA) is 55.6 Å². The van der Waals surface area contributed by atoms with Gasteiger partial charge in [-0.05, 0) is 53.6 Å². The van der Waals surface area contributed by atoms with Gasteiger partial charge in [-0.1, -0.05) is 78.9 Å². The zero-order valence-electron chi connectivity index (χ0n) is 19.8. The summed E-state index contributed by atoms with van der Waals surface area (Å²) in [4.78, 5) is 12.0. The molecule has 0 atom stereocenters. The molecule has 0 spiro atoms. The molecule has 4 aromatic carbocycles. The second-order valence-electron chi connectivity index (χ2n) is 8.18. The molecule has 36 heavy (non-hydrogen) atoms. The van der Waals surface area contributed by atoms with E-state index in [-0.39, 0.29) is 5.97 Å². The van der Waals surface area contributed by atoms with Gasteiger partial charge in [0.25, 0.3) is 0 Å². The number of esters is 1. The Hall–Kier alpha value is -4.90. The summed E-state index contributed by atoms with van der Waals surface area (Å²) in [5.41, 5.74) is 10.6. The van der Waals surface area contributed by atoms with Gasteiger partial charge in [-0.3, -0.25) is 5.43 Å². The van der Waals surface area contributed by atoms with Crippen LogP contribution in [-0.4, -0.2) is 23.9 Å². The summed E-state index contributed by atoms with van der Waals surface area (Å²) >= 11 is 0. The minimum Gasteiger partial charge on any atom is -0.465 e. The van der Waals surface area contributed by atoms with E-state index in [9.17, 15) is 4.79 Å². The highest BCUT2D eigenvalue weighted by molar-refractivity contribution is 5.94. The Morgan fingerprint density at radius 3 is 1.97 bits per heavy atom. The van der Waals surface area contributed by atoms with Crippen LogP contribution in [0, 0.1) is 0 Å². The van der Waals surface area contributed by atoms with Crippen molar-refractivity contribution in [3.63, 3.8) is 0 Å². The van der Waals surface area contributed by atoms with Gasteiger partial charge in [-0.25, -0.2) is 4.79 Å². The first-order chi connectivity index (χ1) is 17.7. The third-order valence-corrected chi connectivity index (χ3v) is 5.86. The molecule has 1 N–H and O–H groups in total. The Bertz CT molecular complexity index is 1470. The van der Waals surface area contributed by atoms with Crippen molar-refractivity contribution in [1.82, 2.24) is 4.57 Å². The van der Waals surface area contributed by atoms with E-state index in [2.05, 4.69) is 45.4 Å². The number of aromatic nitrogens is 1. The van der Waals surface area contributed by atoms with Gasteiger partial charge in [0, 0.05) is 11.3 Å². The number of nitrogens with zero attached hydrogens (tertiary/aromatic N) is 2. The van der Waals surface area contributed by atoms with E-state index in [0.717, 1.165) is 39.5 Å². The third kappa shape index (κ3) is 4.81. The average Bonchev–Trinajstić information content (AvgIpc) is 3.33. The number of carbonyl (C=O) groups is 1. The summed E-state index contributed by atoms with van der Waals surface area (Å²) in [6.07, 6.45) is 1.85. The van der Waals surface area contributed by atoms with Crippen LogP contribution < -0.4 is 5.43 Å². The van der Waals surface area contributed by atoms with Crippen molar-refractivity contribution in [1.29, 1.82) is 0 Å². The molecule has 0 aliphatic rings. The highest BCUT2D eigenvalue weighted by Crippen LogP contribution is 2.35. The molecule has 5 heteroatoms. The van der Waals surface area contributed by atoms with E-state index in [1.54, 1.807) is 12.1 Å². The van der Waals surface area contributed by atoms with Gasteiger partial charge in [-0.15, -0.1) is 0 Å². The first kappa shape index (κ1) is 22.9. The van der Waals surface area contributed by atoms with Crippen LogP contribution in [0.1, 0.15) is 15.9 Å². The Morgan fingerprint density at radius 1 is 0.778 bits per heavy atom. The van der Waals surface area contributed by atoms with Crippen LogP contribution in [0.4, 0.5) is 5.69 Å². The van der Waals surface area contributed by atoms with Crippen LogP contribution in [0.5, 0.6) is 0 Å². The van der Waals surface area contributed by atoms with Gasteiger partial charge in [0.1, 0.15) is 0 Å². The number of hydrogen-bond acceptors (Lipinski definition) is 4. The van der Waals surface area contributed by atoms with Gasteiger partial charge in [0.15, 0.2) is 0 Å². The molecule has 0 unspecified atom stereocenters. The smallest absolute Gasteiger partial charge is 0.337 e. The van der Waals surface area contributed by atoms with Gasteiger partial charge < -0.3 is 9.30 Å². The van der Waals surface area contributed by atoms with Crippen molar-refractivity contribution >= 4 is 17.9 Å². The van der Waals surface area contributed by atoms with Crippen LogP contribution in [0.3, 0.4) is 0 Å². The fraction of sp³-hybridized carbons (Fsp3) is 0.0323. The highest BCUT2D eigenvalue weighted by Gasteiger charge is 2.19. The molecule has 0 saturated carbocycles. The normalized spacial score (nSPS) is 10.9. The van der Waals surface area contributed by atoms with Crippen molar-refractivity contribution in [3.05, 3.63) is 132 Å². The maximum atomic E-state index is 12.0. The predicted octanol–water partition coefficient (Wildman–Crippen LogP) is 7.04. The van der Waals surface area contributed by atoms with Crippen molar-refractivity contribution in [2.45, 2.75) is 0 Å². The summed E-state index contributed by atoms with van der Waals surface area (Å²) in [6.45, 7) is 0. The maximum absolute atomic E-state index is 12.0. The molecule has 0 fully saturated rings. The Balaban J connectivity index is 1.69. The summed E-state index contributed by atoms with van der Waals surface area (Å²) in [6, 6.07) is 39.9. The Kier molecular flexibility index (Phi) is 6.72. The van der Waals surface area contributed by atoms with Gasteiger partial charge in [-0.2, -0.15) is 5.10 Å². The predicted molar refractivity (Wildman–Crippen MR) is 146 cm³/mol. The number of ether oxygens (including phenoxy) is 1. The second-order valence-corrected chi connectivity index (χ2v) is 8.18. The number of hydrogen-bond donors (Lipinski definition) is 1. The second kappa shape index (κ2) is 10.6. The number of benzene rings is 4. The van der Waals surface area contributed by atoms with Gasteiger partial charge >= 0.3 is 5.97 Å². The lowest BCUT2D eigenvalue weighted by Gasteiger charge is -2.15. The van der Waals surface area contributed by atoms with E-state index in [1.165, 1.54) is 7.11 Å². The maximum Gasteiger partial charge on any atom is 0.337 e. The minimum atomic E-state index is -0.361. The van der Waals surface area contributed by atoms with Crippen LogP contribution in [0.15, 0.2) is 126 Å². The number of nitrogens with one attached hydrogen (secondary N) is 1. The summed E-state index contributed by atoms with van der Waals surface area (Å²) < 4.78 is 7.09. The van der Waals surface area contributed by atoms with E-state index in [0.29, 0.717) is 5.56 Å². The molecule has 5 rings (SSSR count). The fourth-order valence-electron chi connectivity index (χ4n) is 4.16. The molecule has 5 aromatic rings. The van der Waals surface area contributed by atoms with Crippen LogP contribution in [0.25, 0.3) is 28.2 Å². The molecule has 0 bridgehead atoms. The van der Waals surface area contributed by atoms with Gasteiger partial charge in [0.05, 0.1) is 36.0 Å². The Morgan fingerprint density at radius 2 is 1.36 bits per heavy atom. The van der Waals surface area contributed by atoms with Crippen molar-refractivity contribution in [3.8, 4) is 28.2 Å². The summed E-state index contributed by atoms with van der Waals surface area (Å²) in [7, 11) is 1.39. The fourth-order valence-corrected chi connectivity index (χ4v) is 4.16. The zero-order valence-corrected chi connectivity index (χ0v) is 19.8. The van der Waals surface area contributed by atoms with Crippen molar-refractivity contribution in [2.75, 3.05) is 12.5 Å². The molecule has 1 heterocycles. The molecule has 0 amide bonds. The molecule has 0 saturated heterocycles. The molecule has 176 valence electrons. The first-order valence-corrected chi connectivity index (χ1v) is 11.6. The molecule has 1 aromatic heterocycles. The van der Waals surface area contributed by atoms with Crippen molar-refractivity contribution < 1.29 is 9.53 Å². The SMILES string of the molecule is COC(=O)c1ccc(-n2c(-c3ccccc3)cc(/C=N/Nc3ccccc3)c2-c2ccccc2)cc1. The lowest BCUT2D eigenvalue weighted by Crippen LogP contribution is -2.04. The highest BCUT2D eigenvalue weighted by atomic mass is 16.5. The number of para-hydroxylation sites is 1. The molecule has 0 radical (unpaired) electrons. The molecular weight excluding hydrogens is 446 g/mol. The van der Waals surface area contributed by atoms with Crippen molar-refractivity contribution in [2.24, 2.45) is 5.10 Å². The lowest BCUT2D eigenvalue weighted by atomic mass is 10.1. The third-order valence-electron chi connectivity index (χ3n) is 5.86. The standard InChI is InChI=1S/C31H25N3O2/c1-36-31(35)25-17-19-28(20-18-25)34-29(23-11-5-2-6-12-23)21-26(30(34)24-13-7-3-8-14-24)22-32-33-27-15-9-4-10-16-27/h2-22,33H,1H3/b32-22+. The molecule has 5 nitrogen and oxygen atoms in total. The van der Waals surface area contributed by atoms with E-state index < -0.39 is 0 Å². The molecular formula is C31H25N3O2.